The lowest BCUT2D eigenvalue weighted by molar-refractivity contribution is -0.384. The summed E-state index contributed by atoms with van der Waals surface area (Å²) in [6.07, 6.45) is -4.65. The number of nitriles is 1. The van der Waals surface area contributed by atoms with Crippen molar-refractivity contribution in [2.45, 2.75) is 6.18 Å². The Kier molecular flexibility index (Phi) is 5.29. The molecule has 7 nitrogen and oxygen atoms in total. The molecule has 1 aromatic carbocycles. The summed E-state index contributed by atoms with van der Waals surface area (Å²) < 4.78 is 38.6. The van der Waals surface area contributed by atoms with Crippen LogP contribution < -0.4 is 9.80 Å². The van der Waals surface area contributed by atoms with E-state index < -0.39 is 22.4 Å². The van der Waals surface area contributed by atoms with E-state index in [0.29, 0.717) is 38.1 Å². The molecule has 0 spiro atoms. The van der Waals surface area contributed by atoms with Gasteiger partial charge in [0.15, 0.2) is 5.69 Å². The van der Waals surface area contributed by atoms with Crippen LogP contribution in [-0.2, 0) is 6.18 Å². The number of hydrogen-bond acceptors (Lipinski definition) is 6. The van der Waals surface area contributed by atoms with Gasteiger partial charge in [-0.3, -0.25) is 10.1 Å². The lowest BCUT2D eigenvalue weighted by Crippen LogP contribution is -2.47. The summed E-state index contributed by atoms with van der Waals surface area (Å²) in [4.78, 5) is 18.2. The summed E-state index contributed by atoms with van der Waals surface area (Å²) in [6.45, 7) is 1.55. The topological polar surface area (TPSA) is 86.3 Å². The summed E-state index contributed by atoms with van der Waals surface area (Å²) in [5.74, 6) is 0.544. The van der Waals surface area contributed by atoms with Crippen LogP contribution in [0.3, 0.4) is 0 Å². The number of pyridine rings is 1. The van der Waals surface area contributed by atoms with Crippen molar-refractivity contribution in [3.8, 4) is 6.07 Å². The standard InChI is InChI=1S/C17H13ClF3N5O2/c18-12-2-4-16(23-13(12)10-22)25-7-5-24(6-8-25)14-3-1-11(17(19,20)21)9-15(14)26(27)28/h1-4,9H,5-8H2. The predicted molar refractivity (Wildman–Crippen MR) is 96.5 cm³/mol. The van der Waals surface area contributed by atoms with Crippen molar-refractivity contribution in [1.82, 2.24) is 4.98 Å². The fourth-order valence-corrected chi connectivity index (χ4v) is 3.12. The number of aromatic nitrogens is 1. The molecule has 1 fully saturated rings. The summed E-state index contributed by atoms with van der Waals surface area (Å²) >= 11 is 5.87. The third kappa shape index (κ3) is 3.94. The molecule has 146 valence electrons. The zero-order valence-electron chi connectivity index (χ0n) is 14.3. The lowest BCUT2D eigenvalue weighted by atomic mass is 10.1. The summed E-state index contributed by atoms with van der Waals surface area (Å²) in [6, 6.07) is 7.66. The van der Waals surface area contributed by atoms with E-state index in [1.54, 1.807) is 17.0 Å². The fraction of sp³-hybridized carbons (Fsp3) is 0.294. The van der Waals surface area contributed by atoms with Gasteiger partial charge in [-0.2, -0.15) is 18.4 Å². The zero-order chi connectivity index (χ0) is 20.5. The highest BCUT2D eigenvalue weighted by Crippen LogP contribution is 2.37. The minimum Gasteiger partial charge on any atom is -0.362 e. The van der Waals surface area contributed by atoms with E-state index in [-0.39, 0.29) is 16.4 Å². The maximum absolute atomic E-state index is 12.9. The van der Waals surface area contributed by atoms with E-state index in [0.717, 1.165) is 12.1 Å². The van der Waals surface area contributed by atoms with Gasteiger partial charge in [0.25, 0.3) is 5.69 Å². The minimum atomic E-state index is -4.65. The highest BCUT2D eigenvalue weighted by Gasteiger charge is 2.34. The highest BCUT2D eigenvalue weighted by atomic mass is 35.5. The maximum Gasteiger partial charge on any atom is 0.416 e. The van der Waals surface area contributed by atoms with E-state index >= 15 is 0 Å². The van der Waals surface area contributed by atoms with Crippen LogP contribution in [-0.4, -0.2) is 36.1 Å². The van der Waals surface area contributed by atoms with Crippen LogP contribution in [0.1, 0.15) is 11.3 Å². The smallest absolute Gasteiger partial charge is 0.362 e. The molecule has 0 radical (unpaired) electrons. The lowest BCUT2D eigenvalue weighted by Gasteiger charge is -2.36. The Balaban J connectivity index is 1.80. The number of piperazine rings is 1. The zero-order valence-corrected chi connectivity index (χ0v) is 15.0. The molecule has 1 aliphatic rings. The normalized spacial score (nSPS) is 14.7. The number of halogens is 4. The molecule has 2 heterocycles. The molecule has 1 aliphatic heterocycles. The van der Waals surface area contributed by atoms with E-state index in [4.69, 9.17) is 16.9 Å². The van der Waals surface area contributed by atoms with Crippen LogP contribution >= 0.6 is 11.6 Å². The largest absolute Gasteiger partial charge is 0.416 e. The van der Waals surface area contributed by atoms with Crippen molar-refractivity contribution in [3.05, 3.63) is 56.7 Å². The second kappa shape index (κ2) is 7.52. The molecule has 0 unspecified atom stereocenters. The van der Waals surface area contributed by atoms with E-state index in [2.05, 4.69) is 4.98 Å². The molecule has 3 rings (SSSR count). The first-order chi connectivity index (χ1) is 13.2. The van der Waals surface area contributed by atoms with Gasteiger partial charge in [-0.25, -0.2) is 4.98 Å². The van der Waals surface area contributed by atoms with Crippen LogP contribution in [0.2, 0.25) is 5.02 Å². The SMILES string of the molecule is N#Cc1nc(N2CCN(c3ccc(C(F)(F)F)cc3[N+](=O)[O-])CC2)ccc1Cl. The van der Waals surface area contributed by atoms with Gasteiger partial charge in [0.05, 0.1) is 15.5 Å². The number of nitro groups is 1. The Labute approximate surface area is 162 Å². The Hall–Kier alpha value is -3.06. The number of nitrogens with zero attached hydrogens (tertiary/aromatic N) is 5. The molecule has 1 aromatic heterocycles. The maximum atomic E-state index is 12.9. The van der Waals surface area contributed by atoms with Gasteiger partial charge in [-0.1, -0.05) is 11.6 Å². The molecule has 0 N–H and O–H groups in total. The Morgan fingerprint density at radius 1 is 1.14 bits per heavy atom. The second-order valence-electron chi connectivity index (χ2n) is 6.04. The monoisotopic (exact) mass is 411 g/mol. The Morgan fingerprint density at radius 2 is 1.79 bits per heavy atom. The fourth-order valence-electron chi connectivity index (χ4n) is 2.98. The average Bonchev–Trinajstić information content (AvgIpc) is 2.67. The average molecular weight is 412 g/mol. The molecular formula is C17H13ClF3N5O2. The minimum absolute atomic E-state index is 0.0972. The van der Waals surface area contributed by atoms with Crippen molar-refractivity contribution in [2.75, 3.05) is 36.0 Å². The Morgan fingerprint density at radius 3 is 2.36 bits per heavy atom. The third-order valence-electron chi connectivity index (χ3n) is 4.38. The number of anilines is 2. The first-order valence-corrected chi connectivity index (χ1v) is 8.50. The van der Waals surface area contributed by atoms with E-state index in [1.807, 2.05) is 11.0 Å². The number of hydrogen-bond donors (Lipinski definition) is 0. The first-order valence-electron chi connectivity index (χ1n) is 8.13. The van der Waals surface area contributed by atoms with Crippen molar-refractivity contribution >= 4 is 28.8 Å². The van der Waals surface area contributed by atoms with Crippen LogP contribution in [0.25, 0.3) is 0 Å². The summed E-state index contributed by atoms with van der Waals surface area (Å²) in [5, 5.41) is 20.5. The molecule has 2 aromatic rings. The van der Waals surface area contributed by atoms with Gasteiger partial charge >= 0.3 is 6.18 Å². The van der Waals surface area contributed by atoms with Gasteiger partial charge in [0.1, 0.15) is 17.6 Å². The molecule has 0 aliphatic carbocycles. The molecule has 0 amide bonds. The van der Waals surface area contributed by atoms with Crippen molar-refractivity contribution < 1.29 is 18.1 Å². The van der Waals surface area contributed by atoms with Crippen molar-refractivity contribution in [1.29, 1.82) is 5.26 Å². The van der Waals surface area contributed by atoms with Crippen LogP contribution in [0.5, 0.6) is 0 Å². The van der Waals surface area contributed by atoms with Crippen LogP contribution in [0, 0.1) is 21.4 Å². The van der Waals surface area contributed by atoms with Gasteiger partial charge in [0.2, 0.25) is 0 Å². The number of rotatable bonds is 3. The Bertz CT molecular complexity index is 953. The number of nitro benzene ring substituents is 1. The number of benzene rings is 1. The van der Waals surface area contributed by atoms with E-state index in [1.165, 1.54) is 0 Å². The van der Waals surface area contributed by atoms with Gasteiger partial charge < -0.3 is 9.80 Å². The molecule has 0 atom stereocenters. The van der Waals surface area contributed by atoms with Gasteiger partial charge in [-0.05, 0) is 24.3 Å². The second-order valence-corrected chi connectivity index (χ2v) is 6.45. The van der Waals surface area contributed by atoms with E-state index in [9.17, 15) is 23.3 Å². The van der Waals surface area contributed by atoms with Gasteiger partial charge in [-0.15, -0.1) is 0 Å². The summed E-state index contributed by atoms with van der Waals surface area (Å²) in [5.41, 5.74) is -1.41. The molecule has 11 heteroatoms. The molecule has 0 saturated carbocycles. The highest BCUT2D eigenvalue weighted by molar-refractivity contribution is 6.31. The predicted octanol–water partition coefficient (Wildman–Crippen LogP) is 3.86. The third-order valence-corrected chi connectivity index (χ3v) is 4.69. The molecular weight excluding hydrogens is 399 g/mol. The van der Waals surface area contributed by atoms with Gasteiger partial charge in [0, 0.05) is 32.2 Å². The quantitative estimate of drug-likeness (QED) is 0.563. The van der Waals surface area contributed by atoms with Crippen molar-refractivity contribution in [2.24, 2.45) is 0 Å². The molecule has 1 saturated heterocycles. The van der Waals surface area contributed by atoms with Crippen molar-refractivity contribution in [3.63, 3.8) is 0 Å². The summed E-state index contributed by atoms with van der Waals surface area (Å²) in [7, 11) is 0. The first kappa shape index (κ1) is 19.7. The van der Waals surface area contributed by atoms with Crippen LogP contribution in [0.15, 0.2) is 30.3 Å². The molecule has 28 heavy (non-hydrogen) atoms. The number of alkyl halides is 3. The molecule has 0 bridgehead atoms. The van der Waals surface area contributed by atoms with Crippen LogP contribution in [0.4, 0.5) is 30.4 Å².